The van der Waals surface area contributed by atoms with Crippen LogP contribution in [-0.4, -0.2) is 61.0 Å². The van der Waals surface area contributed by atoms with Gasteiger partial charge in [-0.3, -0.25) is 9.78 Å². The molecule has 0 saturated carbocycles. The lowest BCUT2D eigenvalue weighted by Crippen LogP contribution is -2.47. The second-order valence-electron chi connectivity index (χ2n) is 6.00. The molecule has 0 unspecified atom stereocenters. The second-order valence-corrected chi connectivity index (χ2v) is 6.41. The zero-order valence-electron chi connectivity index (χ0n) is 14.3. The Morgan fingerprint density at radius 3 is 2.56 bits per heavy atom. The van der Waals surface area contributed by atoms with E-state index >= 15 is 0 Å². The fourth-order valence-corrected chi connectivity index (χ4v) is 2.97. The van der Waals surface area contributed by atoms with Crippen molar-refractivity contribution in [3.8, 4) is 5.75 Å². The van der Waals surface area contributed by atoms with Gasteiger partial charge in [-0.05, 0) is 37.4 Å². The van der Waals surface area contributed by atoms with Gasteiger partial charge in [0, 0.05) is 43.8 Å². The fourth-order valence-electron chi connectivity index (χ4n) is 2.71. The standard InChI is InChI=1S/C18H21ClN4O2/c1-22-7-9-23(10-8-22)18(24)16-12-14(5-6-20-16)21-13-3-4-17(25-2)15(19)11-13/h3-6,11-12H,7-10H2,1-2H3,(H,20,21). The number of benzene rings is 1. The number of aromatic nitrogens is 1. The summed E-state index contributed by atoms with van der Waals surface area (Å²) < 4.78 is 5.15. The van der Waals surface area contributed by atoms with Gasteiger partial charge in [-0.25, -0.2) is 0 Å². The molecule has 0 bridgehead atoms. The number of rotatable bonds is 4. The molecule has 2 heterocycles. The van der Waals surface area contributed by atoms with Crippen LogP contribution in [0.5, 0.6) is 5.75 Å². The molecule has 1 aromatic heterocycles. The number of halogens is 1. The van der Waals surface area contributed by atoms with Crippen molar-refractivity contribution in [3.63, 3.8) is 0 Å². The minimum atomic E-state index is -0.0375. The fraction of sp³-hybridized carbons (Fsp3) is 0.333. The first-order valence-electron chi connectivity index (χ1n) is 8.11. The van der Waals surface area contributed by atoms with Crippen molar-refractivity contribution in [1.29, 1.82) is 0 Å². The van der Waals surface area contributed by atoms with Crippen molar-refractivity contribution >= 4 is 28.9 Å². The predicted octanol–water partition coefficient (Wildman–Crippen LogP) is 2.87. The lowest BCUT2D eigenvalue weighted by Gasteiger charge is -2.32. The van der Waals surface area contributed by atoms with E-state index in [2.05, 4.69) is 22.2 Å². The molecule has 25 heavy (non-hydrogen) atoms. The smallest absolute Gasteiger partial charge is 0.272 e. The number of pyridine rings is 1. The predicted molar refractivity (Wildman–Crippen MR) is 98.9 cm³/mol. The molecule has 3 rings (SSSR count). The van der Waals surface area contributed by atoms with E-state index < -0.39 is 0 Å². The van der Waals surface area contributed by atoms with Gasteiger partial charge in [-0.1, -0.05) is 11.6 Å². The number of nitrogens with zero attached hydrogens (tertiary/aromatic N) is 3. The lowest BCUT2D eigenvalue weighted by molar-refractivity contribution is 0.0658. The summed E-state index contributed by atoms with van der Waals surface area (Å²) in [4.78, 5) is 20.9. The van der Waals surface area contributed by atoms with Crippen LogP contribution >= 0.6 is 11.6 Å². The Hall–Kier alpha value is -2.31. The highest BCUT2D eigenvalue weighted by Gasteiger charge is 2.21. The molecule has 1 N–H and O–H groups in total. The summed E-state index contributed by atoms with van der Waals surface area (Å²) in [5.41, 5.74) is 2.04. The summed E-state index contributed by atoms with van der Waals surface area (Å²) in [7, 11) is 3.64. The largest absolute Gasteiger partial charge is 0.495 e. The number of hydrogen-bond acceptors (Lipinski definition) is 5. The molecule has 0 radical (unpaired) electrons. The van der Waals surface area contributed by atoms with Crippen LogP contribution < -0.4 is 10.1 Å². The zero-order valence-corrected chi connectivity index (χ0v) is 15.1. The Labute approximate surface area is 152 Å². The van der Waals surface area contributed by atoms with E-state index in [0.717, 1.165) is 37.6 Å². The van der Waals surface area contributed by atoms with Crippen LogP contribution in [0.1, 0.15) is 10.5 Å². The molecule has 0 spiro atoms. The van der Waals surface area contributed by atoms with E-state index in [4.69, 9.17) is 16.3 Å². The van der Waals surface area contributed by atoms with Crippen LogP contribution in [0.15, 0.2) is 36.5 Å². The molecule has 2 aromatic rings. The van der Waals surface area contributed by atoms with Gasteiger partial charge in [-0.15, -0.1) is 0 Å². The number of methoxy groups -OCH3 is 1. The maximum Gasteiger partial charge on any atom is 0.272 e. The maximum atomic E-state index is 12.6. The Bertz CT molecular complexity index is 760. The Kier molecular flexibility index (Phi) is 5.40. The van der Waals surface area contributed by atoms with Crippen molar-refractivity contribution in [2.75, 3.05) is 45.7 Å². The molecule has 1 saturated heterocycles. The number of carbonyl (C=O) groups is 1. The summed E-state index contributed by atoms with van der Waals surface area (Å²) in [5, 5.41) is 3.77. The van der Waals surface area contributed by atoms with E-state index in [0.29, 0.717) is 16.5 Å². The van der Waals surface area contributed by atoms with Crippen molar-refractivity contribution in [1.82, 2.24) is 14.8 Å². The van der Waals surface area contributed by atoms with Gasteiger partial charge < -0.3 is 19.9 Å². The third-order valence-electron chi connectivity index (χ3n) is 4.21. The molecule has 0 atom stereocenters. The van der Waals surface area contributed by atoms with Gasteiger partial charge in [0.1, 0.15) is 11.4 Å². The highest BCUT2D eigenvalue weighted by molar-refractivity contribution is 6.32. The van der Waals surface area contributed by atoms with E-state index in [1.165, 1.54) is 0 Å². The Morgan fingerprint density at radius 2 is 1.88 bits per heavy atom. The first kappa shape index (κ1) is 17.5. The van der Waals surface area contributed by atoms with Gasteiger partial charge >= 0.3 is 0 Å². The minimum Gasteiger partial charge on any atom is -0.495 e. The van der Waals surface area contributed by atoms with Gasteiger partial charge in [0.25, 0.3) is 5.91 Å². The minimum absolute atomic E-state index is 0.0375. The van der Waals surface area contributed by atoms with Gasteiger partial charge in [0.2, 0.25) is 0 Å². The summed E-state index contributed by atoms with van der Waals surface area (Å²) in [6.45, 7) is 3.22. The highest BCUT2D eigenvalue weighted by atomic mass is 35.5. The molecule has 1 aliphatic heterocycles. The van der Waals surface area contributed by atoms with E-state index in [1.807, 2.05) is 17.0 Å². The number of hydrogen-bond donors (Lipinski definition) is 1. The molecule has 1 fully saturated rings. The number of carbonyl (C=O) groups excluding carboxylic acids is 1. The van der Waals surface area contributed by atoms with E-state index in [9.17, 15) is 4.79 Å². The SMILES string of the molecule is COc1ccc(Nc2ccnc(C(=O)N3CCN(C)CC3)c2)cc1Cl. The van der Waals surface area contributed by atoms with Crippen molar-refractivity contribution in [3.05, 3.63) is 47.2 Å². The zero-order chi connectivity index (χ0) is 17.8. The number of nitrogens with one attached hydrogen (secondary N) is 1. The Morgan fingerprint density at radius 1 is 1.16 bits per heavy atom. The number of ether oxygens (including phenoxy) is 1. The van der Waals surface area contributed by atoms with Crippen molar-refractivity contribution in [2.24, 2.45) is 0 Å². The van der Waals surface area contributed by atoms with Gasteiger partial charge in [0.05, 0.1) is 12.1 Å². The Balaban J connectivity index is 1.73. The molecule has 1 aromatic carbocycles. The topological polar surface area (TPSA) is 57.7 Å². The first-order chi connectivity index (χ1) is 12.1. The van der Waals surface area contributed by atoms with Crippen LogP contribution in [0.25, 0.3) is 0 Å². The van der Waals surface area contributed by atoms with Crippen LogP contribution in [0.4, 0.5) is 11.4 Å². The van der Waals surface area contributed by atoms with Crippen LogP contribution in [-0.2, 0) is 0 Å². The molecule has 1 amide bonds. The van der Waals surface area contributed by atoms with Crippen molar-refractivity contribution in [2.45, 2.75) is 0 Å². The lowest BCUT2D eigenvalue weighted by atomic mass is 10.2. The van der Waals surface area contributed by atoms with Crippen LogP contribution in [0.2, 0.25) is 5.02 Å². The molecular formula is C18H21ClN4O2. The first-order valence-corrected chi connectivity index (χ1v) is 8.49. The summed E-state index contributed by atoms with van der Waals surface area (Å²) in [6, 6.07) is 9.02. The number of piperazine rings is 1. The molecule has 132 valence electrons. The number of likely N-dealkylation sites (N-methyl/N-ethyl adjacent to an activating group) is 1. The normalized spacial score (nSPS) is 15.1. The molecule has 1 aliphatic rings. The summed E-state index contributed by atoms with van der Waals surface area (Å²) in [5.74, 6) is 0.581. The molecular weight excluding hydrogens is 340 g/mol. The molecule has 0 aliphatic carbocycles. The average molecular weight is 361 g/mol. The van der Waals surface area contributed by atoms with E-state index in [-0.39, 0.29) is 5.91 Å². The maximum absolute atomic E-state index is 12.6. The monoisotopic (exact) mass is 360 g/mol. The molecule has 7 heteroatoms. The van der Waals surface area contributed by atoms with Crippen LogP contribution in [0, 0.1) is 0 Å². The third-order valence-corrected chi connectivity index (χ3v) is 4.51. The van der Waals surface area contributed by atoms with Crippen molar-refractivity contribution < 1.29 is 9.53 Å². The van der Waals surface area contributed by atoms with Gasteiger partial charge in [0.15, 0.2) is 0 Å². The quantitative estimate of drug-likeness (QED) is 0.908. The van der Waals surface area contributed by atoms with Gasteiger partial charge in [-0.2, -0.15) is 0 Å². The van der Waals surface area contributed by atoms with E-state index in [1.54, 1.807) is 31.5 Å². The summed E-state index contributed by atoms with van der Waals surface area (Å²) >= 11 is 6.15. The molecule has 6 nitrogen and oxygen atoms in total. The number of amides is 1. The third kappa shape index (κ3) is 4.21. The second kappa shape index (κ2) is 7.72. The van der Waals surface area contributed by atoms with Crippen LogP contribution in [0.3, 0.4) is 0 Å². The highest BCUT2D eigenvalue weighted by Crippen LogP contribution is 2.28. The number of anilines is 2. The average Bonchev–Trinajstić information content (AvgIpc) is 2.62. The summed E-state index contributed by atoms with van der Waals surface area (Å²) in [6.07, 6.45) is 1.64.